The van der Waals surface area contributed by atoms with Crippen molar-refractivity contribution in [3.63, 3.8) is 0 Å². The molecule has 1 aliphatic carbocycles. The first-order valence-corrected chi connectivity index (χ1v) is 7.99. The molecule has 2 atom stereocenters. The van der Waals surface area contributed by atoms with Gasteiger partial charge in [-0.1, -0.05) is 12.8 Å². The van der Waals surface area contributed by atoms with Crippen LogP contribution in [0.4, 0.5) is 5.69 Å². The number of nitrogens with one attached hydrogen (secondary N) is 1. The lowest BCUT2D eigenvalue weighted by atomic mass is 9.84. The molecule has 2 rings (SSSR count). The lowest BCUT2D eigenvalue weighted by Gasteiger charge is -2.31. The molecule has 1 aromatic rings. The molecule has 126 valence electrons. The molecule has 1 fully saturated rings. The first-order valence-electron chi connectivity index (χ1n) is 7.99. The second-order valence-corrected chi connectivity index (χ2v) is 5.73. The van der Waals surface area contributed by atoms with E-state index in [1.54, 1.807) is 13.0 Å². The number of carbonyl (C=O) groups excluding carboxylic acids is 1. The first-order chi connectivity index (χ1) is 11.1. The van der Waals surface area contributed by atoms with Gasteiger partial charge in [0, 0.05) is 17.7 Å². The smallest absolute Gasteiger partial charge is 0.311 e. The van der Waals surface area contributed by atoms with E-state index in [1.807, 2.05) is 0 Å². The Kier molecular flexibility index (Phi) is 5.92. The average Bonchev–Trinajstić information content (AvgIpc) is 2.55. The topological polar surface area (TPSA) is 107 Å². The Morgan fingerprint density at radius 2 is 2.17 bits per heavy atom. The number of nitrogens with two attached hydrogens (primary N) is 1. The zero-order valence-corrected chi connectivity index (χ0v) is 13.3. The Morgan fingerprint density at radius 3 is 2.83 bits per heavy atom. The minimum atomic E-state index is -0.537. The van der Waals surface area contributed by atoms with E-state index in [2.05, 4.69) is 5.32 Å². The lowest BCUT2D eigenvalue weighted by molar-refractivity contribution is -0.385. The number of ether oxygens (including phenoxy) is 1. The van der Waals surface area contributed by atoms with Crippen molar-refractivity contribution in [1.82, 2.24) is 5.32 Å². The van der Waals surface area contributed by atoms with Crippen LogP contribution in [-0.4, -0.2) is 30.0 Å². The standard InChI is InChI=1S/C16H23N3O4/c1-2-23-15-8-7-11(9-14(15)19(21)22)16(20)18-13-6-4-3-5-12(13)10-17/h7-9,12-13H,2-6,10,17H2,1H3,(H,18,20). The highest BCUT2D eigenvalue weighted by Gasteiger charge is 2.26. The van der Waals surface area contributed by atoms with Crippen molar-refractivity contribution in [3.05, 3.63) is 33.9 Å². The quantitative estimate of drug-likeness (QED) is 0.617. The van der Waals surface area contributed by atoms with Gasteiger partial charge < -0.3 is 15.8 Å². The number of amides is 1. The van der Waals surface area contributed by atoms with Crippen LogP contribution in [0.3, 0.4) is 0 Å². The molecule has 0 heterocycles. The molecule has 0 aliphatic heterocycles. The zero-order chi connectivity index (χ0) is 16.8. The third-order valence-electron chi connectivity index (χ3n) is 4.25. The van der Waals surface area contributed by atoms with E-state index in [-0.39, 0.29) is 34.9 Å². The van der Waals surface area contributed by atoms with Gasteiger partial charge in [0.1, 0.15) is 0 Å². The second kappa shape index (κ2) is 7.92. The van der Waals surface area contributed by atoms with Gasteiger partial charge in [0.05, 0.1) is 11.5 Å². The maximum Gasteiger partial charge on any atom is 0.311 e. The summed E-state index contributed by atoms with van der Waals surface area (Å²) in [6.45, 7) is 2.61. The minimum absolute atomic E-state index is 0.0341. The fourth-order valence-corrected chi connectivity index (χ4v) is 3.01. The molecule has 0 aromatic heterocycles. The predicted octanol–water partition coefficient (Wildman–Crippen LogP) is 2.24. The Labute approximate surface area is 135 Å². The number of hydrogen-bond acceptors (Lipinski definition) is 5. The molecule has 7 heteroatoms. The maximum atomic E-state index is 12.4. The van der Waals surface area contributed by atoms with Crippen molar-refractivity contribution in [2.24, 2.45) is 11.7 Å². The van der Waals surface area contributed by atoms with Gasteiger partial charge in [0.2, 0.25) is 0 Å². The average molecular weight is 321 g/mol. The van der Waals surface area contributed by atoms with E-state index in [0.717, 1.165) is 25.7 Å². The summed E-state index contributed by atoms with van der Waals surface area (Å²) in [5.41, 5.74) is 5.84. The summed E-state index contributed by atoms with van der Waals surface area (Å²) in [6.07, 6.45) is 4.09. The Bertz CT molecular complexity index is 576. The number of rotatable bonds is 6. The predicted molar refractivity (Wildman–Crippen MR) is 86.5 cm³/mol. The van der Waals surface area contributed by atoms with Crippen LogP contribution >= 0.6 is 0 Å². The molecular weight excluding hydrogens is 298 g/mol. The molecule has 0 bridgehead atoms. The maximum absolute atomic E-state index is 12.4. The third-order valence-corrected chi connectivity index (χ3v) is 4.25. The summed E-state index contributed by atoms with van der Waals surface area (Å²) in [6, 6.07) is 4.32. The van der Waals surface area contributed by atoms with Gasteiger partial charge in [-0.05, 0) is 44.4 Å². The van der Waals surface area contributed by atoms with Crippen LogP contribution in [0.25, 0.3) is 0 Å². The van der Waals surface area contributed by atoms with E-state index < -0.39 is 4.92 Å². The number of benzene rings is 1. The van der Waals surface area contributed by atoms with Crippen LogP contribution in [0.15, 0.2) is 18.2 Å². The molecular formula is C16H23N3O4. The third kappa shape index (κ3) is 4.19. The van der Waals surface area contributed by atoms with Gasteiger partial charge in [-0.3, -0.25) is 14.9 Å². The SMILES string of the molecule is CCOc1ccc(C(=O)NC2CCCCC2CN)cc1[N+](=O)[O-]. The number of nitro benzene ring substituents is 1. The van der Waals surface area contributed by atoms with Crippen LogP contribution in [-0.2, 0) is 0 Å². The molecule has 0 saturated heterocycles. The summed E-state index contributed by atoms with van der Waals surface area (Å²) in [7, 11) is 0. The van der Waals surface area contributed by atoms with E-state index >= 15 is 0 Å². The molecule has 23 heavy (non-hydrogen) atoms. The highest BCUT2D eigenvalue weighted by molar-refractivity contribution is 5.95. The monoisotopic (exact) mass is 321 g/mol. The first kappa shape index (κ1) is 17.2. The van der Waals surface area contributed by atoms with Gasteiger partial charge in [-0.15, -0.1) is 0 Å². The fraction of sp³-hybridized carbons (Fsp3) is 0.562. The Morgan fingerprint density at radius 1 is 1.43 bits per heavy atom. The van der Waals surface area contributed by atoms with Crippen LogP contribution < -0.4 is 15.8 Å². The summed E-state index contributed by atoms with van der Waals surface area (Å²) < 4.78 is 5.23. The molecule has 1 aliphatic rings. The van der Waals surface area contributed by atoms with Crippen molar-refractivity contribution >= 4 is 11.6 Å². The number of hydrogen-bond donors (Lipinski definition) is 2. The summed E-state index contributed by atoms with van der Waals surface area (Å²) in [5, 5.41) is 14.1. The molecule has 1 saturated carbocycles. The van der Waals surface area contributed by atoms with E-state index in [0.29, 0.717) is 13.2 Å². The van der Waals surface area contributed by atoms with E-state index in [4.69, 9.17) is 10.5 Å². The highest BCUT2D eigenvalue weighted by Crippen LogP contribution is 2.29. The molecule has 0 radical (unpaired) electrons. The molecule has 3 N–H and O–H groups in total. The Balaban J connectivity index is 2.15. The van der Waals surface area contributed by atoms with Gasteiger partial charge in [0.25, 0.3) is 5.91 Å². The fourth-order valence-electron chi connectivity index (χ4n) is 3.01. The van der Waals surface area contributed by atoms with Crippen molar-refractivity contribution in [1.29, 1.82) is 0 Å². The summed E-state index contributed by atoms with van der Waals surface area (Å²) in [4.78, 5) is 23.0. The number of carbonyl (C=O) groups is 1. The van der Waals surface area contributed by atoms with E-state index in [1.165, 1.54) is 12.1 Å². The molecule has 0 spiro atoms. The molecule has 2 unspecified atom stereocenters. The van der Waals surface area contributed by atoms with Crippen molar-refractivity contribution in [2.45, 2.75) is 38.6 Å². The normalized spacial score (nSPS) is 20.8. The van der Waals surface area contributed by atoms with Crippen molar-refractivity contribution in [2.75, 3.05) is 13.2 Å². The van der Waals surface area contributed by atoms with Crippen LogP contribution in [0.5, 0.6) is 5.75 Å². The Hall–Kier alpha value is -2.15. The van der Waals surface area contributed by atoms with E-state index in [9.17, 15) is 14.9 Å². The van der Waals surface area contributed by atoms with Crippen molar-refractivity contribution in [3.8, 4) is 5.75 Å². The van der Waals surface area contributed by atoms with Gasteiger partial charge in [0.15, 0.2) is 5.75 Å². The number of nitro groups is 1. The lowest BCUT2D eigenvalue weighted by Crippen LogP contribution is -2.44. The van der Waals surface area contributed by atoms with Crippen LogP contribution in [0, 0.1) is 16.0 Å². The van der Waals surface area contributed by atoms with Gasteiger partial charge in [-0.25, -0.2) is 0 Å². The molecule has 7 nitrogen and oxygen atoms in total. The minimum Gasteiger partial charge on any atom is -0.487 e. The summed E-state index contributed by atoms with van der Waals surface area (Å²) in [5.74, 6) is 0.137. The van der Waals surface area contributed by atoms with Crippen LogP contribution in [0.2, 0.25) is 0 Å². The zero-order valence-electron chi connectivity index (χ0n) is 13.3. The second-order valence-electron chi connectivity index (χ2n) is 5.73. The molecule has 1 aromatic carbocycles. The van der Waals surface area contributed by atoms with Crippen LogP contribution in [0.1, 0.15) is 43.0 Å². The largest absolute Gasteiger partial charge is 0.487 e. The highest BCUT2D eigenvalue weighted by atomic mass is 16.6. The number of nitrogens with zero attached hydrogens (tertiary/aromatic N) is 1. The molecule has 1 amide bonds. The van der Waals surface area contributed by atoms with Gasteiger partial charge in [-0.2, -0.15) is 0 Å². The van der Waals surface area contributed by atoms with Gasteiger partial charge >= 0.3 is 5.69 Å². The van der Waals surface area contributed by atoms with Crippen molar-refractivity contribution < 1.29 is 14.5 Å². The summed E-state index contributed by atoms with van der Waals surface area (Å²) >= 11 is 0.